The molecule has 0 radical (unpaired) electrons. The van der Waals surface area contributed by atoms with Crippen LogP contribution >= 0.6 is 0 Å². The van der Waals surface area contributed by atoms with Crippen LogP contribution in [0.1, 0.15) is 68.6 Å². The Morgan fingerprint density at radius 2 is 1.44 bits per heavy atom. The van der Waals surface area contributed by atoms with E-state index in [9.17, 15) is 4.79 Å². The van der Waals surface area contributed by atoms with Gasteiger partial charge in [0.05, 0.1) is 12.2 Å². The predicted octanol–water partition coefficient (Wildman–Crippen LogP) is 7.24. The van der Waals surface area contributed by atoms with Crippen molar-refractivity contribution in [1.82, 2.24) is 0 Å². The SMILES string of the molecule is C=CCOc1ccc(C(=O)Oc2ccc(OCCCC3CCC(CCC)CC3)cc2)cc1. The van der Waals surface area contributed by atoms with Gasteiger partial charge >= 0.3 is 5.97 Å². The van der Waals surface area contributed by atoms with E-state index in [0.29, 0.717) is 23.7 Å². The molecule has 0 saturated heterocycles. The molecule has 3 rings (SSSR count). The fourth-order valence-electron chi connectivity index (χ4n) is 4.39. The number of benzene rings is 2. The summed E-state index contributed by atoms with van der Waals surface area (Å²) in [7, 11) is 0. The molecule has 172 valence electrons. The van der Waals surface area contributed by atoms with E-state index in [4.69, 9.17) is 14.2 Å². The number of carbonyl (C=O) groups excluding carboxylic acids is 1. The van der Waals surface area contributed by atoms with Crippen molar-refractivity contribution in [2.45, 2.75) is 58.3 Å². The molecule has 0 aliphatic heterocycles. The molecule has 1 aliphatic rings. The van der Waals surface area contributed by atoms with Crippen molar-refractivity contribution in [3.63, 3.8) is 0 Å². The molecule has 0 bridgehead atoms. The van der Waals surface area contributed by atoms with Crippen LogP contribution in [0.5, 0.6) is 17.2 Å². The Morgan fingerprint density at radius 3 is 2.06 bits per heavy atom. The topological polar surface area (TPSA) is 44.8 Å². The van der Waals surface area contributed by atoms with Gasteiger partial charge in [0.2, 0.25) is 0 Å². The Morgan fingerprint density at radius 1 is 0.875 bits per heavy atom. The van der Waals surface area contributed by atoms with E-state index in [1.807, 2.05) is 12.1 Å². The maximum absolute atomic E-state index is 12.3. The van der Waals surface area contributed by atoms with Crippen molar-refractivity contribution >= 4 is 5.97 Å². The zero-order chi connectivity index (χ0) is 22.6. The molecular weight excluding hydrogens is 400 g/mol. The van der Waals surface area contributed by atoms with Crippen LogP contribution in [0.25, 0.3) is 0 Å². The van der Waals surface area contributed by atoms with Crippen LogP contribution in [0.3, 0.4) is 0 Å². The van der Waals surface area contributed by atoms with Crippen LogP contribution in [0.4, 0.5) is 0 Å². The van der Waals surface area contributed by atoms with Crippen molar-refractivity contribution in [3.8, 4) is 17.2 Å². The van der Waals surface area contributed by atoms with Gasteiger partial charge in [-0.3, -0.25) is 0 Å². The Labute approximate surface area is 192 Å². The average molecular weight is 437 g/mol. The largest absolute Gasteiger partial charge is 0.494 e. The standard InChI is InChI=1S/C28H36O4/c1-3-6-22-8-10-23(11-9-22)7-5-21-31-26-16-18-27(19-17-26)32-28(29)24-12-14-25(15-13-24)30-20-4-2/h4,12-19,22-23H,2-3,5-11,20-21H2,1H3. The van der Waals surface area contributed by atoms with Gasteiger partial charge in [-0.15, -0.1) is 0 Å². The van der Waals surface area contributed by atoms with Crippen molar-refractivity contribution in [3.05, 3.63) is 66.7 Å². The van der Waals surface area contributed by atoms with E-state index in [1.54, 1.807) is 42.5 Å². The molecule has 1 fully saturated rings. The average Bonchev–Trinajstić information content (AvgIpc) is 2.83. The van der Waals surface area contributed by atoms with E-state index in [-0.39, 0.29) is 0 Å². The van der Waals surface area contributed by atoms with Gasteiger partial charge in [-0.25, -0.2) is 4.79 Å². The molecule has 1 saturated carbocycles. The van der Waals surface area contributed by atoms with Gasteiger partial charge in [-0.2, -0.15) is 0 Å². The zero-order valence-corrected chi connectivity index (χ0v) is 19.3. The lowest BCUT2D eigenvalue weighted by Gasteiger charge is -2.28. The highest BCUT2D eigenvalue weighted by Gasteiger charge is 2.20. The third-order valence-corrected chi connectivity index (χ3v) is 6.18. The van der Waals surface area contributed by atoms with Gasteiger partial charge in [0.15, 0.2) is 0 Å². The van der Waals surface area contributed by atoms with Crippen LogP contribution in [0.2, 0.25) is 0 Å². The molecule has 0 heterocycles. The lowest BCUT2D eigenvalue weighted by atomic mass is 9.78. The second-order valence-electron chi connectivity index (χ2n) is 8.65. The molecule has 2 aromatic rings. The van der Waals surface area contributed by atoms with Crippen molar-refractivity contribution in [2.75, 3.05) is 13.2 Å². The third kappa shape index (κ3) is 7.74. The zero-order valence-electron chi connectivity index (χ0n) is 19.3. The smallest absolute Gasteiger partial charge is 0.343 e. The molecule has 0 atom stereocenters. The first-order valence-corrected chi connectivity index (χ1v) is 12.0. The molecule has 2 aromatic carbocycles. The van der Waals surface area contributed by atoms with Crippen LogP contribution < -0.4 is 14.2 Å². The van der Waals surface area contributed by atoms with Crippen LogP contribution in [0, 0.1) is 11.8 Å². The number of hydrogen-bond donors (Lipinski definition) is 0. The summed E-state index contributed by atoms with van der Waals surface area (Å²) in [5.74, 6) is 3.43. The predicted molar refractivity (Wildman–Crippen MR) is 129 cm³/mol. The first-order valence-electron chi connectivity index (χ1n) is 12.0. The third-order valence-electron chi connectivity index (χ3n) is 6.18. The van der Waals surface area contributed by atoms with Gasteiger partial charge in [0.1, 0.15) is 23.9 Å². The summed E-state index contributed by atoms with van der Waals surface area (Å²) in [5.41, 5.74) is 0.472. The highest BCUT2D eigenvalue weighted by atomic mass is 16.5. The molecule has 32 heavy (non-hydrogen) atoms. The highest BCUT2D eigenvalue weighted by molar-refractivity contribution is 5.91. The minimum absolute atomic E-state index is 0.400. The highest BCUT2D eigenvalue weighted by Crippen LogP contribution is 2.33. The van der Waals surface area contributed by atoms with Gasteiger partial charge in [0, 0.05) is 0 Å². The number of carbonyl (C=O) groups is 1. The Bertz CT molecular complexity index is 818. The fourth-order valence-corrected chi connectivity index (χ4v) is 4.39. The van der Waals surface area contributed by atoms with Crippen LogP contribution in [-0.2, 0) is 0 Å². The molecule has 0 aromatic heterocycles. The van der Waals surface area contributed by atoms with E-state index in [2.05, 4.69) is 13.5 Å². The number of rotatable bonds is 12. The van der Waals surface area contributed by atoms with Crippen molar-refractivity contribution < 1.29 is 19.0 Å². The molecule has 0 spiro atoms. The summed E-state index contributed by atoms with van der Waals surface area (Å²) in [6.07, 6.45) is 12.3. The van der Waals surface area contributed by atoms with Crippen LogP contribution in [-0.4, -0.2) is 19.2 Å². The monoisotopic (exact) mass is 436 g/mol. The van der Waals surface area contributed by atoms with E-state index >= 15 is 0 Å². The summed E-state index contributed by atoms with van der Waals surface area (Å²) < 4.78 is 16.8. The minimum Gasteiger partial charge on any atom is -0.494 e. The second kappa shape index (κ2) is 12.9. The summed E-state index contributed by atoms with van der Waals surface area (Å²) in [6.45, 7) is 7.06. The fraction of sp³-hybridized carbons (Fsp3) is 0.464. The maximum Gasteiger partial charge on any atom is 0.343 e. The van der Waals surface area contributed by atoms with Crippen molar-refractivity contribution in [1.29, 1.82) is 0 Å². The summed E-state index contributed by atoms with van der Waals surface area (Å²) in [5, 5.41) is 0. The summed E-state index contributed by atoms with van der Waals surface area (Å²) >= 11 is 0. The molecule has 1 aliphatic carbocycles. The molecule has 0 N–H and O–H groups in total. The number of ether oxygens (including phenoxy) is 3. The van der Waals surface area contributed by atoms with Gasteiger partial charge in [0.25, 0.3) is 0 Å². The second-order valence-corrected chi connectivity index (χ2v) is 8.65. The van der Waals surface area contributed by atoms with E-state index in [1.165, 1.54) is 44.9 Å². The van der Waals surface area contributed by atoms with Crippen molar-refractivity contribution in [2.24, 2.45) is 11.8 Å². The summed E-state index contributed by atoms with van der Waals surface area (Å²) in [4.78, 5) is 12.3. The van der Waals surface area contributed by atoms with E-state index in [0.717, 1.165) is 30.6 Å². The molecule has 4 heteroatoms. The Hall–Kier alpha value is -2.75. The minimum atomic E-state index is -0.400. The normalized spacial score (nSPS) is 18.0. The molecule has 0 amide bonds. The van der Waals surface area contributed by atoms with Gasteiger partial charge in [-0.05, 0) is 73.2 Å². The van der Waals surface area contributed by atoms with Gasteiger partial charge in [-0.1, -0.05) is 58.1 Å². The first-order chi connectivity index (χ1) is 15.7. The Balaban J connectivity index is 1.36. The lowest BCUT2D eigenvalue weighted by molar-refractivity contribution is 0.0734. The Kier molecular flexibility index (Phi) is 9.67. The molecule has 0 unspecified atom stereocenters. The number of hydrogen-bond acceptors (Lipinski definition) is 4. The molecular formula is C28H36O4. The quantitative estimate of drug-likeness (QED) is 0.152. The first kappa shape index (κ1) is 23.9. The van der Waals surface area contributed by atoms with Gasteiger partial charge < -0.3 is 14.2 Å². The lowest BCUT2D eigenvalue weighted by Crippen LogP contribution is -2.15. The maximum atomic E-state index is 12.3. The number of esters is 1. The summed E-state index contributed by atoms with van der Waals surface area (Å²) in [6, 6.07) is 14.1. The molecule has 4 nitrogen and oxygen atoms in total. The van der Waals surface area contributed by atoms with Crippen LogP contribution in [0.15, 0.2) is 61.2 Å². The van der Waals surface area contributed by atoms with E-state index < -0.39 is 5.97 Å².